The molecule has 0 radical (unpaired) electrons. The zero-order chi connectivity index (χ0) is 8.91. The molecule has 0 saturated carbocycles. The molecule has 0 aromatic heterocycles. The molecule has 0 fully saturated rings. The van der Waals surface area contributed by atoms with Gasteiger partial charge in [0.2, 0.25) is 0 Å². The Bertz CT molecular complexity index is 136. The number of nitrogens with one attached hydrogen (secondary N) is 2. The Morgan fingerprint density at radius 1 is 1.64 bits per heavy atom. The minimum absolute atomic E-state index is 0.0309. The molecular formula is C6H14N2O3. The number of carbonyl (C=O) groups is 1. The highest BCUT2D eigenvalue weighted by Crippen LogP contribution is 1.97. The van der Waals surface area contributed by atoms with Gasteiger partial charge in [0.1, 0.15) is 5.60 Å². The van der Waals surface area contributed by atoms with Crippen LogP contribution in [0.25, 0.3) is 0 Å². The van der Waals surface area contributed by atoms with E-state index >= 15 is 0 Å². The molecule has 0 heterocycles. The van der Waals surface area contributed by atoms with E-state index in [0.717, 1.165) is 0 Å². The smallest absolute Gasteiger partial charge is 0.314 e. The zero-order valence-electron chi connectivity index (χ0n) is 6.72. The Labute approximate surface area is 65.4 Å². The summed E-state index contributed by atoms with van der Waals surface area (Å²) >= 11 is 0. The van der Waals surface area contributed by atoms with Crippen molar-refractivity contribution in [2.75, 3.05) is 20.2 Å². The van der Waals surface area contributed by atoms with Crippen LogP contribution in [0.15, 0.2) is 0 Å². The van der Waals surface area contributed by atoms with Gasteiger partial charge in [0.05, 0.1) is 13.2 Å². The predicted octanol–water partition coefficient (Wildman–Crippen LogP) is -1.34. The van der Waals surface area contributed by atoms with Crippen molar-refractivity contribution in [3.05, 3.63) is 0 Å². The molecule has 0 bridgehead atoms. The Morgan fingerprint density at radius 2 is 2.18 bits per heavy atom. The number of amides is 2. The number of urea groups is 1. The van der Waals surface area contributed by atoms with Crippen LogP contribution in [-0.2, 0) is 0 Å². The first kappa shape index (κ1) is 10.2. The van der Waals surface area contributed by atoms with Crippen molar-refractivity contribution in [3.63, 3.8) is 0 Å². The standard InChI is InChI=1S/C6H14N2O3/c1-6(11,4-9)3-8-5(10)7-2/h9,11H,3-4H2,1-2H3,(H2,7,8,10). The Kier molecular flexibility index (Phi) is 3.84. The van der Waals surface area contributed by atoms with Gasteiger partial charge in [0.25, 0.3) is 0 Å². The molecule has 66 valence electrons. The molecule has 0 aromatic rings. The first-order valence-electron chi connectivity index (χ1n) is 3.30. The Morgan fingerprint density at radius 3 is 2.55 bits per heavy atom. The van der Waals surface area contributed by atoms with E-state index in [1.165, 1.54) is 14.0 Å². The van der Waals surface area contributed by atoms with Crippen molar-refractivity contribution in [3.8, 4) is 0 Å². The summed E-state index contributed by atoms with van der Waals surface area (Å²) in [5.41, 5.74) is -1.24. The average Bonchev–Trinajstić information content (AvgIpc) is 2.00. The highest BCUT2D eigenvalue weighted by atomic mass is 16.3. The van der Waals surface area contributed by atoms with Gasteiger partial charge in [-0.3, -0.25) is 0 Å². The lowest BCUT2D eigenvalue weighted by atomic mass is 10.1. The quantitative estimate of drug-likeness (QED) is 0.414. The third-order valence-corrected chi connectivity index (χ3v) is 1.20. The topological polar surface area (TPSA) is 81.6 Å². The molecule has 0 aliphatic rings. The van der Waals surface area contributed by atoms with Crippen molar-refractivity contribution < 1.29 is 15.0 Å². The molecule has 5 heteroatoms. The summed E-state index contributed by atoms with van der Waals surface area (Å²) in [7, 11) is 1.48. The predicted molar refractivity (Wildman–Crippen MR) is 40.2 cm³/mol. The summed E-state index contributed by atoms with van der Waals surface area (Å²) in [6, 6.07) is -0.376. The van der Waals surface area contributed by atoms with E-state index in [1.54, 1.807) is 0 Å². The molecule has 0 saturated heterocycles. The normalized spacial score (nSPS) is 15.3. The minimum Gasteiger partial charge on any atom is -0.393 e. The molecule has 5 nitrogen and oxygen atoms in total. The van der Waals surface area contributed by atoms with Crippen LogP contribution in [0.5, 0.6) is 0 Å². The Balaban J connectivity index is 3.61. The van der Waals surface area contributed by atoms with Gasteiger partial charge in [-0.1, -0.05) is 0 Å². The molecule has 0 aliphatic heterocycles. The van der Waals surface area contributed by atoms with Gasteiger partial charge < -0.3 is 20.8 Å². The lowest BCUT2D eigenvalue weighted by Crippen LogP contribution is -2.45. The number of hydrogen-bond donors (Lipinski definition) is 4. The van der Waals surface area contributed by atoms with Crippen molar-refractivity contribution in [2.24, 2.45) is 0 Å². The van der Waals surface area contributed by atoms with E-state index in [0.29, 0.717) is 0 Å². The van der Waals surface area contributed by atoms with Crippen LogP contribution in [0.1, 0.15) is 6.92 Å². The Hall–Kier alpha value is -0.810. The second-order valence-corrected chi connectivity index (χ2v) is 2.59. The molecule has 11 heavy (non-hydrogen) atoms. The summed E-state index contributed by atoms with van der Waals surface area (Å²) in [5, 5.41) is 22.4. The molecule has 0 aromatic carbocycles. The fourth-order valence-corrected chi connectivity index (χ4v) is 0.415. The largest absolute Gasteiger partial charge is 0.393 e. The van der Waals surface area contributed by atoms with Crippen LogP contribution in [0.4, 0.5) is 4.79 Å². The van der Waals surface area contributed by atoms with Crippen LogP contribution in [0, 0.1) is 0 Å². The van der Waals surface area contributed by atoms with Crippen LogP contribution >= 0.6 is 0 Å². The van der Waals surface area contributed by atoms with Crippen LogP contribution < -0.4 is 10.6 Å². The van der Waals surface area contributed by atoms with Crippen LogP contribution in [-0.4, -0.2) is 42.0 Å². The first-order valence-corrected chi connectivity index (χ1v) is 3.30. The monoisotopic (exact) mass is 162 g/mol. The van der Waals surface area contributed by atoms with E-state index in [1.807, 2.05) is 0 Å². The van der Waals surface area contributed by atoms with E-state index in [9.17, 15) is 9.90 Å². The van der Waals surface area contributed by atoms with Crippen molar-refractivity contribution in [2.45, 2.75) is 12.5 Å². The number of aliphatic hydroxyl groups is 2. The highest BCUT2D eigenvalue weighted by Gasteiger charge is 2.18. The van der Waals surface area contributed by atoms with Crippen LogP contribution in [0.3, 0.4) is 0 Å². The van der Waals surface area contributed by atoms with Gasteiger partial charge in [-0.2, -0.15) is 0 Å². The lowest BCUT2D eigenvalue weighted by Gasteiger charge is -2.20. The number of aliphatic hydroxyl groups excluding tert-OH is 1. The lowest BCUT2D eigenvalue weighted by molar-refractivity contribution is 0.00488. The number of hydrogen-bond acceptors (Lipinski definition) is 3. The first-order chi connectivity index (χ1) is 5.02. The van der Waals surface area contributed by atoms with E-state index in [2.05, 4.69) is 10.6 Å². The molecular weight excluding hydrogens is 148 g/mol. The van der Waals surface area contributed by atoms with Gasteiger partial charge in [-0.25, -0.2) is 4.79 Å². The van der Waals surface area contributed by atoms with Crippen molar-refractivity contribution in [1.29, 1.82) is 0 Å². The highest BCUT2D eigenvalue weighted by molar-refractivity contribution is 5.73. The van der Waals surface area contributed by atoms with Gasteiger partial charge in [-0.15, -0.1) is 0 Å². The van der Waals surface area contributed by atoms with Gasteiger partial charge in [0.15, 0.2) is 0 Å². The molecule has 0 spiro atoms. The fourth-order valence-electron chi connectivity index (χ4n) is 0.415. The molecule has 0 rings (SSSR count). The fraction of sp³-hybridized carbons (Fsp3) is 0.833. The van der Waals surface area contributed by atoms with Crippen molar-refractivity contribution >= 4 is 6.03 Å². The summed E-state index contributed by atoms with van der Waals surface area (Å²) in [6.07, 6.45) is 0. The summed E-state index contributed by atoms with van der Waals surface area (Å²) < 4.78 is 0. The second-order valence-electron chi connectivity index (χ2n) is 2.59. The minimum atomic E-state index is -1.24. The van der Waals surface area contributed by atoms with Crippen LogP contribution in [0.2, 0.25) is 0 Å². The summed E-state index contributed by atoms with van der Waals surface area (Å²) in [6.45, 7) is 1.09. The van der Waals surface area contributed by atoms with Gasteiger partial charge in [-0.05, 0) is 6.92 Å². The maximum atomic E-state index is 10.6. The third-order valence-electron chi connectivity index (χ3n) is 1.20. The molecule has 1 unspecified atom stereocenters. The van der Waals surface area contributed by atoms with Gasteiger partial charge in [0, 0.05) is 7.05 Å². The van der Waals surface area contributed by atoms with E-state index < -0.39 is 5.60 Å². The number of carbonyl (C=O) groups excluding carboxylic acids is 1. The SMILES string of the molecule is CNC(=O)NCC(C)(O)CO. The van der Waals surface area contributed by atoms with Gasteiger partial charge >= 0.3 is 6.03 Å². The van der Waals surface area contributed by atoms with E-state index in [-0.39, 0.29) is 19.2 Å². The summed E-state index contributed by atoms with van der Waals surface area (Å²) in [4.78, 5) is 10.6. The maximum Gasteiger partial charge on any atom is 0.314 e. The summed E-state index contributed by atoms with van der Waals surface area (Å²) in [5.74, 6) is 0. The third kappa shape index (κ3) is 4.58. The molecule has 4 N–H and O–H groups in total. The average molecular weight is 162 g/mol. The number of rotatable bonds is 3. The second kappa shape index (κ2) is 4.15. The van der Waals surface area contributed by atoms with E-state index in [4.69, 9.17) is 5.11 Å². The molecule has 1 atom stereocenters. The zero-order valence-corrected chi connectivity index (χ0v) is 6.72. The molecule has 2 amide bonds. The molecule has 0 aliphatic carbocycles. The maximum absolute atomic E-state index is 10.6. The van der Waals surface area contributed by atoms with Crippen molar-refractivity contribution in [1.82, 2.24) is 10.6 Å².